The van der Waals surface area contributed by atoms with Gasteiger partial charge in [0.05, 0.1) is 17.6 Å². The van der Waals surface area contributed by atoms with E-state index in [0.717, 1.165) is 16.6 Å². The zero-order valence-corrected chi connectivity index (χ0v) is 18.8. The maximum absolute atomic E-state index is 12.9. The van der Waals surface area contributed by atoms with Gasteiger partial charge in [0.15, 0.2) is 11.4 Å². The zero-order valence-electron chi connectivity index (χ0n) is 18.8. The summed E-state index contributed by atoms with van der Waals surface area (Å²) >= 11 is 0. The van der Waals surface area contributed by atoms with E-state index in [2.05, 4.69) is 25.5 Å². The molecule has 0 saturated heterocycles. The SMILES string of the molecule is Cc1cccc(-n2ncc3c(=O)[nH]c(-n4nc(C)cc4NC(=O)c4cc5ccccc5o4)nc32)c1. The van der Waals surface area contributed by atoms with E-state index in [1.165, 1.54) is 10.9 Å². The van der Waals surface area contributed by atoms with Crippen LogP contribution in [0, 0.1) is 13.8 Å². The summed E-state index contributed by atoms with van der Waals surface area (Å²) in [5.41, 5.74) is 3.07. The molecule has 2 N–H and O–H groups in total. The van der Waals surface area contributed by atoms with Gasteiger partial charge in [0.2, 0.25) is 5.95 Å². The number of carbonyl (C=O) groups is 1. The van der Waals surface area contributed by atoms with Crippen molar-refractivity contribution in [1.82, 2.24) is 29.5 Å². The zero-order chi connectivity index (χ0) is 24.1. The summed E-state index contributed by atoms with van der Waals surface area (Å²) in [5.74, 6) is 0.184. The van der Waals surface area contributed by atoms with Crippen molar-refractivity contribution in [3.8, 4) is 11.6 Å². The Balaban J connectivity index is 1.42. The summed E-state index contributed by atoms with van der Waals surface area (Å²) in [7, 11) is 0. The molecular formula is C25H19N7O3. The summed E-state index contributed by atoms with van der Waals surface area (Å²) in [6.45, 7) is 3.76. The molecule has 0 bridgehead atoms. The van der Waals surface area contributed by atoms with Gasteiger partial charge in [0, 0.05) is 11.5 Å². The smallest absolute Gasteiger partial charge is 0.292 e. The lowest BCUT2D eigenvalue weighted by Crippen LogP contribution is -2.19. The topological polar surface area (TPSA) is 124 Å². The Bertz CT molecular complexity index is 1770. The minimum Gasteiger partial charge on any atom is -0.451 e. The number of anilines is 1. The van der Waals surface area contributed by atoms with Crippen LogP contribution in [0.3, 0.4) is 0 Å². The highest BCUT2D eigenvalue weighted by atomic mass is 16.3. The molecule has 0 fully saturated rings. The van der Waals surface area contributed by atoms with Gasteiger partial charge in [-0.25, -0.2) is 4.68 Å². The van der Waals surface area contributed by atoms with E-state index in [-0.39, 0.29) is 17.3 Å². The van der Waals surface area contributed by atoms with Crippen molar-refractivity contribution in [1.29, 1.82) is 0 Å². The largest absolute Gasteiger partial charge is 0.451 e. The molecule has 0 aliphatic rings. The summed E-state index contributed by atoms with van der Waals surface area (Å²) in [6.07, 6.45) is 1.48. The molecule has 6 aromatic rings. The fourth-order valence-corrected chi connectivity index (χ4v) is 3.98. The Hall–Kier alpha value is -4.99. The lowest BCUT2D eigenvalue weighted by molar-refractivity contribution is 0.0998. The van der Waals surface area contributed by atoms with Gasteiger partial charge in [-0.1, -0.05) is 30.3 Å². The molecule has 0 spiro atoms. The van der Waals surface area contributed by atoms with E-state index < -0.39 is 5.91 Å². The number of H-pyrrole nitrogens is 1. The highest BCUT2D eigenvalue weighted by molar-refractivity contribution is 6.04. The van der Waals surface area contributed by atoms with Crippen molar-refractivity contribution in [2.24, 2.45) is 0 Å². The van der Waals surface area contributed by atoms with Crippen molar-refractivity contribution in [2.75, 3.05) is 5.32 Å². The lowest BCUT2D eigenvalue weighted by atomic mass is 10.2. The van der Waals surface area contributed by atoms with Crippen LogP contribution in [0.25, 0.3) is 33.6 Å². The summed E-state index contributed by atoms with van der Waals surface area (Å²) < 4.78 is 8.65. The van der Waals surface area contributed by atoms with Crippen molar-refractivity contribution in [2.45, 2.75) is 13.8 Å². The first-order valence-corrected chi connectivity index (χ1v) is 10.9. The van der Waals surface area contributed by atoms with E-state index in [9.17, 15) is 9.59 Å². The first kappa shape index (κ1) is 20.6. The molecule has 0 aliphatic carbocycles. The Kier molecular flexibility index (Phi) is 4.59. The van der Waals surface area contributed by atoms with E-state index in [1.807, 2.05) is 49.4 Å². The molecule has 4 heterocycles. The number of para-hydroxylation sites is 1. The predicted molar refractivity (Wildman–Crippen MR) is 130 cm³/mol. The number of hydrogen-bond donors (Lipinski definition) is 2. The number of aromatic nitrogens is 6. The van der Waals surface area contributed by atoms with Crippen molar-refractivity contribution < 1.29 is 9.21 Å². The van der Waals surface area contributed by atoms with Crippen molar-refractivity contribution in [3.63, 3.8) is 0 Å². The van der Waals surface area contributed by atoms with Gasteiger partial charge in [-0.2, -0.15) is 19.9 Å². The van der Waals surface area contributed by atoms with Crippen LogP contribution in [0.1, 0.15) is 21.8 Å². The third-order valence-electron chi connectivity index (χ3n) is 5.59. The molecule has 6 rings (SSSR count). The second kappa shape index (κ2) is 7.80. The van der Waals surface area contributed by atoms with Gasteiger partial charge >= 0.3 is 0 Å². The Morgan fingerprint density at radius 2 is 1.89 bits per heavy atom. The van der Waals surface area contributed by atoms with Crippen LogP contribution < -0.4 is 10.9 Å². The second-order valence-electron chi connectivity index (χ2n) is 8.21. The van der Waals surface area contributed by atoms with E-state index in [1.54, 1.807) is 29.8 Å². The molecule has 10 heteroatoms. The van der Waals surface area contributed by atoms with Gasteiger partial charge in [0.25, 0.3) is 11.5 Å². The van der Waals surface area contributed by atoms with Gasteiger partial charge in [-0.15, -0.1) is 0 Å². The highest BCUT2D eigenvalue weighted by Gasteiger charge is 2.19. The van der Waals surface area contributed by atoms with Crippen LogP contribution in [-0.4, -0.2) is 35.4 Å². The monoisotopic (exact) mass is 465 g/mol. The normalized spacial score (nSPS) is 11.4. The standard InChI is InChI=1S/C25H19N7O3/c1-14-6-5-8-17(10-14)31-22-18(13-26-31)23(33)29-25(28-22)32-21(11-15(2)30-32)27-24(34)20-12-16-7-3-4-9-19(16)35-20/h3-13H,1-2H3,(H,27,34)(H,28,29,33). The van der Waals surface area contributed by atoms with Crippen LogP contribution in [0.5, 0.6) is 0 Å². The maximum Gasteiger partial charge on any atom is 0.292 e. The van der Waals surface area contributed by atoms with Gasteiger partial charge in [-0.3, -0.25) is 14.6 Å². The predicted octanol–water partition coefficient (Wildman–Crippen LogP) is 3.91. The lowest BCUT2D eigenvalue weighted by Gasteiger charge is -2.08. The summed E-state index contributed by atoms with van der Waals surface area (Å²) in [5, 5.41) is 12.8. The molecule has 0 unspecified atom stereocenters. The number of hydrogen-bond acceptors (Lipinski definition) is 6. The number of furan rings is 1. The molecule has 1 amide bonds. The van der Waals surface area contributed by atoms with E-state index in [0.29, 0.717) is 28.1 Å². The van der Waals surface area contributed by atoms with Gasteiger partial charge in [-0.05, 0) is 43.7 Å². The molecule has 0 radical (unpaired) electrons. The number of carbonyl (C=O) groups excluding carboxylic acids is 1. The third kappa shape index (κ3) is 3.57. The minimum absolute atomic E-state index is 0.143. The number of aromatic amines is 1. The number of benzene rings is 2. The fourth-order valence-electron chi connectivity index (χ4n) is 3.98. The molecular weight excluding hydrogens is 446 g/mol. The van der Waals surface area contributed by atoms with E-state index in [4.69, 9.17) is 4.42 Å². The second-order valence-corrected chi connectivity index (χ2v) is 8.21. The molecule has 0 aliphatic heterocycles. The van der Waals surface area contributed by atoms with Gasteiger partial charge < -0.3 is 9.73 Å². The average molecular weight is 465 g/mol. The molecule has 172 valence electrons. The Labute approximate surface area is 197 Å². The first-order valence-electron chi connectivity index (χ1n) is 10.9. The molecule has 0 saturated carbocycles. The van der Waals surface area contributed by atoms with Gasteiger partial charge in [0.1, 0.15) is 16.8 Å². The Morgan fingerprint density at radius 3 is 2.71 bits per heavy atom. The number of rotatable bonds is 4. The fraction of sp³-hybridized carbons (Fsp3) is 0.0800. The maximum atomic E-state index is 12.9. The van der Waals surface area contributed by atoms with Crippen LogP contribution in [-0.2, 0) is 0 Å². The quantitative estimate of drug-likeness (QED) is 0.407. The van der Waals surface area contributed by atoms with Crippen molar-refractivity contribution >= 4 is 33.7 Å². The number of nitrogens with zero attached hydrogens (tertiary/aromatic N) is 5. The third-order valence-corrected chi connectivity index (χ3v) is 5.59. The molecule has 10 nitrogen and oxygen atoms in total. The number of aryl methyl sites for hydroxylation is 2. The van der Waals surface area contributed by atoms with Crippen molar-refractivity contribution in [3.05, 3.63) is 94.2 Å². The molecule has 0 atom stereocenters. The van der Waals surface area contributed by atoms with Crippen LogP contribution in [0.4, 0.5) is 5.82 Å². The first-order chi connectivity index (χ1) is 17.0. The van der Waals surface area contributed by atoms with Crippen LogP contribution in [0.2, 0.25) is 0 Å². The Morgan fingerprint density at radius 1 is 1.03 bits per heavy atom. The van der Waals surface area contributed by atoms with Crippen LogP contribution >= 0.6 is 0 Å². The molecule has 2 aromatic carbocycles. The van der Waals surface area contributed by atoms with Crippen LogP contribution in [0.15, 0.2) is 76.1 Å². The average Bonchev–Trinajstić information content (AvgIpc) is 3.55. The number of nitrogens with one attached hydrogen (secondary N) is 2. The summed E-state index contributed by atoms with van der Waals surface area (Å²) in [6, 6.07) is 18.5. The molecule has 4 aromatic heterocycles. The number of fused-ring (bicyclic) bond motifs is 2. The molecule has 35 heavy (non-hydrogen) atoms. The number of amides is 1. The highest BCUT2D eigenvalue weighted by Crippen LogP contribution is 2.22. The summed E-state index contributed by atoms with van der Waals surface area (Å²) in [4.78, 5) is 33.2. The minimum atomic E-state index is -0.449. The van der Waals surface area contributed by atoms with E-state index >= 15 is 0 Å².